The summed E-state index contributed by atoms with van der Waals surface area (Å²) >= 11 is 1.60. The summed E-state index contributed by atoms with van der Waals surface area (Å²) in [6, 6.07) is 0. The molecule has 2 heterocycles. The lowest BCUT2D eigenvalue weighted by molar-refractivity contribution is 0.430. The molecule has 7 heteroatoms. The van der Waals surface area contributed by atoms with Gasteiger partial charge in [0.25, 0.3) is 10.2 Å². The normalized spacial score (nSPS) is 25.2. The number of thiazole rings is 1. The fourth-order valence-corrected chi connectivity index (χ4v) is 5.25. The van der Waals surface area contributed by atoms with Crippen molar-refractivity contribution in [3.63, 3.8) is 0 Å². The van der Waals surface area contributed by atoms with E-state index in [4.69, 9.17) is 0 Å². The molecule has 2 fully saturated rings. The van der Waals surface area contributed by atoms with Crippen LogP contribution in [0.5, 0.6) is 0 Å². The van der Waals surface area contributed by atoms with E-state index in [0.717, 1.165) is 5.01 Å². The van der Waals surface area contributed by atoms with E-state index >= 15 is 0 Å². The van der Waals surface area contributed by atoms with Gasteiger partial charge in [0, 0.05) is 31.4 Å². The molecule has 0 unspecified atom stereocenters. The van der Waals surface area contributed by atoms with E-state index < -0.39 is 10.2 Å². The van der Waals surface area contributed by atoms with E-state index in [-0.39, 0.29) is 0 Å². The molecule has 0 N–H and O–H groups in total. The van der Waals surface area contributed by atoms with Crippen LogP contribution in [-0.4, -0.2) is 42.1 Å². The highest BCUT2D eigenvalue weighted by Crippen LogP contribution is 2.33. The Hall–Kier alpha value is -0.500. The smallest absolute Gasteiger partial charge is 0.245 e. The summed E-state index contributed by atoms with van der Waals surface area (Å²) in [6.45, 7) is 1.56. The number of hydrogen-bond donors (Lipinski definition) is 0. The van der Waals surface area contributed by atoms with Crippen LogP contribution in [-0.2, 0) is 16.8 Å². The molecule has 2 aliphatic rings. The average molecular weight is 315 g/mol. The van der Waals surface area contributed by atoms with Gasteiger partial charge in [-0.1, -0.05) is 19.3 Å². The fraction of sp³-hybridized carbons (Fsp3) is 0.769. The highest BCUT2D eigenvalue weighted by atomic mass is 32.2. The Kier molecular flexibility index (Phi) is 4.12. The molecule has 1 aliphatic carbocycles. The third-order valence-corrected chi connectivity index (χ3v) is 7.08. The third kappa shape index (κ3) is 2.77. The van der Waals surface area contributed by atoms with E-state index in [1.54, 1.807) is 18.4 Å². The van der Waals surface area contributed by atoms with Crippen molar-refractivity contribution < 1.29 is 8.42 Å². The Bertz CT molecular complexity index is 564. The molecule has 0 bridgehead atoms. The highest BCUT2D eigenvalue weighted by molar-refractivity contribution is 7.86. The van der Waals surface area contributed by atoms with Gasteiger partial charge < -0.3 is 0 Å². The predicted octanol–water partition coefficient (Wildman–Crippen LogP) is 2.18. The van der Waals surface area contributed by atoms with E-state index in [2.05, 4.69) is 10.4 Å². The molecule has 0 atom stereocenters. The molecule has 20 heavy (non-hydrogen) atoms. The number of rotatable bonds is 3. The second-order valence-electron chi connectivity index (χ2n) is 5.66. The predicted molar refractivity (Wildman–Crippen MR) is 79.9 cm³/mol. The summed E-state index contributed by atoms with van der Waals surface area (Å²) in [5, 5.41) is 3.04. The van der Waals surface area contributed by atoms with Crippen molar-refractivity contribution in [1.29, 1.82) is 0 Å². The summed E-state index contributed by atoms with van der Waals surface area (Å²) in [5.74, 6) is 0.589. The summed E-state index contributed by atoms with van der Waals surface area (Å²) in [5.41, 5.74) is 1.18. The third-order valence-electron chi connectivity index (χ3n) is 4.29. The Morgan fingerprint density at radius 2 is 2.05 bits per heavy atom. The lowest BCUT2D eigenvalue weighted by Crippen LogP contribution is -2.30. The maximum Gasteiger partial charge on any atom is 0.282 e. The van der Waals surface area contributed by atoms with Crippen molar-refractivity contribution in [2.45, 2.75) is 44.6 Å². The van der Waals surface area contributed by atoms with Gasteiger partial charge in [0.15, 0.2) is 0 Å². The van der Waals surface area contributed by atoms with Crippen molar-refractivity contribution in [2.75, 3.05) is 20.1 Å². The summed E-state index contributed by atoms with van der Waals surface area (Å²) in [4.78, 5) is 4.68. The molecule has 1 saturated carbocycles. The SMILES string of the molecule is CN1CCN(Cc2nc(C3CCCCC3)cs2)S1(=O)=O. The molecule has 5 nitrogen and oxygen atoms in total. The minimum atomic E-state index is -3.25. The van der Waals surface area contributed by atoms with Crippen LogP contribution in [0.1, 0.15) is 48.7 Å². The minimum absolute atomic E-state index is 0.421. The molecule has 0 aromatic carbocycles. The molecule has 112 valence electrons. The monoisotopic (exact) mass is 315 g/mol. The summed E-state index contributed by atoms with van der Waals surface area (Å²) < 4.78 is 27.0. The standard InChI is InChI=1S/C13H21N3O2S2/c1-15-7-8-16(20(15,17)18)9-13-14-12(10-19-13)11-5-3-2-4-6-11/h10-11H,2-9H2,1H3. The molecule has 0 amide bonds. The van der Waals surface area contributed by atoms with E-state index in [0.29, 0.717) is 25.6 Å². The van der Waals surface area contributed by atoms with Gasteiger partial charge >= 0.3 is 0 Å². The molecule has 1 aromatic heterocycles. The largest absolute Gasteiger partial charge is 0.282 e. The first kappa shape index (κ1) is 14.4. The molecule has 1 saturated heterocycles. The Morgan fingerprint density at radius 3 is 2.70 bits per heavy atom. The molecule has 0 spiro atoms. The molecular formula is C13H21N3O2S2. The van der Waals surface area contributed by atoms with E-state index in [1.165, 1.54) is 46.4 Å². The van der Waals surface area contributed by atoms with Crippen LogP contribution >= 0.6 is 11.3 Å². The molecule has 1 aliphatic heterocycles. The van der Waals surface area contributed by atoms with Gasteiger partial charge in [-0.3, -0.25) is 0 Å². The lowest BCUT2D eigenvalue weighted by atomic mass is 9.87. The second kappa shape index (κ2) is 5.71. The topological polar surface area (TPSA) is 53.5 Å². The van der Waals surface area contributed by atoms with Gasteiger partial charge in [0.05, 0.1) is 12.2 Å². The first-order valence-corrected chi connectivity index (χ1v) is 9.51. The van der Waals surface area contributed by atoms with Gasteiger partial charge in [-0.25, -0.2) is 4.98 Å². The van der Waals surface area contributed by atoms with Crippen LogP contribution < -0.4 is 0 Å². The highest BCUT2D eigenvalue weighted by Gasteiger charge is 2.34. The number of aromatic nitrogens is 1. The zero-order chi connectivity index (χ0) is 14.2. The van der Waals surface area contributed by atoms with Crippen molar-refractivity contribution in [1.82, 2.24) is 13.6 Å². The van der Waals surface area contributed by atoms with Crippen LogP contribution in [0, 0.1) is 0 Å². The number of hydrogen-bond acceptors (Lipinski definition) is 4. The maximum atomic E-state index is 12.0. The average Bonchev–Trinajstić information content (AvgIpc) is 3.01. The molecule has 3 rings (SSSR count). The van der Waals surface area contributed by atoms with E-state index in [9.17, 15) is 8.42 Å². The Labute approximate surface area is 124 Å². The molecular weight excluding hydrogens is 294 g/mol. The van der Waals surface area contributed by atoms with Crippen molar-refractivity contribution in [3.05, 3.63) is 16.1 Å². The van der Waals surface area contributed by atoms with Crippen LogP contribution in [0.15, 0.2) is 5.38 Å². The fourth-order valence-electron chi connectivity index (χ4n) is 2.98. The molecule has 0 radical (unpaired) electrons. The van der Waals surface area contributed by atoms with E-state index in [1.807, 2.05) is 0 Å². The van der Waals surface area contributed by atoms with Crippen LogP contribution in [0.25, 0.3) is 0 Å². The zero-order valence-corrected chi connectivity index (χ0v) is 13.4. The summed E-state index contributed by atoms with van der Waals surface area (Å²) in [7, 11) is -1.62. The zero-order valence-electron chi connectivity index (χ0n) is 11.8. The van der Waals surface area contributed by atoms with Gasteiger partial charge in [-0.15, -0.1) is 11.3 Å². The summed E-state index contributed by atoms with van der Waals surface area (Å²) in [6.07, 6.45) is 6.39. The first-order chi connectivity index (χ1) is 9.57. The van der Waals surface area contributed by atoms with Gasteiger partial charge in [0.1, 0.15) is 5.01 Å². The van der Waals surface area contributed by atoms with Crippen molar-refractivity contribution in [3.8, 4) is 0 Å². The van der Waals surface area contributed by atoms with Gasteiger partial charge in [-0.2, -0.15) is 17.0 Å². The van der Waals surface area contributed by atoms with Crippen LogP contribution in [0.4, 0.5) is 0 Å². The van der Waals surface area contributed by atoms with Gasteiger partial charge in [0.2, 0.25) is 0 Å². The van der Waals surface area contributed by atoms with Gasteiger partial charge in [-0.05, 0) is 12.8 Å². The second-order valence-corrected chi connectivity index (χ2v) is 8.64. The lowest BCUT2D eigenvalue weighted by Gasteiger charge is -2.19. The van der Waals surface area contributed by atoms with Crippen molar-refractivity contribution >= 4 is 21.5 Å². The molecule has 1 aromatic rings. The van der Waals surface area contributed by atoms with Crippen LogP contribution in [0.2, 0.25) is 0 Å². The Morgan fingerprint density at radius 1 is 1.30 bits per heavy atom. The number of nitrogens with zero attached hydrogens (tertiary/aromatic N) is 3. The number of likely N-dealkylation sites (N-methyl/N-ethyl adjacent to an activating group) is 1. The Balaban J connectivity index is 1.68. The maximum absolute atomic E-state index is 12.0. The quantitative estimate of drug-likeness (QED) is 0.859. The van der Waals surface area contributed by atoms with Crippen molar-refractivity contribution in [2.24, 2.45) is 0 Å². The minimum Gasteiger partial charge on any atom is -0.245 e. The van der Waals surface area contributed by atoms with Crippen LogP contribution in [0.3, 0.4) is 0 Å². The first-order valence-electron chi connectivity index (χ1n) is 7.23.